The van der Waals surface area contributed by atoms with E-state index in [9.17, 15) is 9.18 Å². The summed E-state index contributed by atoms with van der Waals surface area (Å²) in [6.45, 7) is 6.21. The van der Waals surface area contributed by atoms with Crippen molar-refractivity contribution in [3.8, 4) is 5.69 Å². The highest BCUT2D eigenvalue weighted by atomic mass is 19.1. The molecule has 1 saturated heterocycles. The zero-order valence-electron chi connectivity index (χ0n) is 22.4. The van der Waals surface area contributed by atoms with E-state index in [0.717, 1.165) is 50.9 Å². The van der Waals surface area contributed by atoms with Gasteiger partial charge in [-0.15, -0.1) is 0 Å². The van der Waals surface area contributed by atoms with Crippen LogP contribution in [0.25, 0.3) is 5.69 Å². The Morgan fingerprint density at radius 3 is 2.66 bits per heavy atom. The molecule has 1 aliphatic heterocycles. The van der Waals surface area contributed by atoms with Crippen molar-refractivity contribution in [3.63, 3.8) is 0 Å². The Balaban J connectivity index is 1.24. The van der Waals surface area contributed by atoms with E-state index < -0.39 is 0 Å². The van der Waals surface area contributed by atoms with Crippen molar-refractivity contribution in [2.45, 2.75) is 64.3 Å². The highest BCUT2D eigenvalue weighted by molar-refractivity contribution is 5.75. The molecule has 4 atom stereocenters. The van der Waals surface area contributed by atoms with Crippen LogP contribution in [0, 0.1) is 17.7 Å². The minimum Gasteiger partial charge on any atom is -0.331 e. The molecule has 2 aliphatic carbocycles. The van der Waals surface area contributed by atoms with E-state index in [1.54, 1.807) is 12.1 Å². The fourth-order valence-corrected chi connectivity index (χ4v) is 6.99. The minimum atomic E-state index is -0.235. The van der Waals surface area contributed by atoms with E-state index in [1.165, 1.54) is 46.5 Å². The standard InChI is InChI=1S/C32H37FN4O/c1-21-7-6-16-36(20-21)32(38)35-29(23-8-4-3-5-9-23)17-24-10-11-25-18-30-28(22(2)31(24)25)19-34-37(30)27-14-12-26(33)13-15-27/h3-5,8-9,12-15,19,21-22,24,29H,6-7,10-11,16-18,20H2,1-2H3,(H,35,38)/t21?,22-,24+,29?/m0/s1. The Morgan fingerprint density at radius 2 is 1.89 bits per heavy atom. The number of halogens is 1. The van der Waals surface area contributed by atoms with E-state index in [0.29, 0.717) is 11.8 Å². The third kappa shape index (κ3) is 4.77. The lowest BCUT2D eigenvalue weighted by molar-refractivity contribution is 0.165. The molecule has 2 aromatic carbocycles. The van der Waals surface area contributed by atoms with Crippen molar-refractivity contribution in [1.29, 1.82) is 0 Å². The van der Waals surface area contributed by atoms with Crippen LogP contribution in [0.4, 0.5) is 9.18 Å². The zero-order valence-corrected chi connectivity index (χ0v) is 22.4. The molecule has 3 aliphatic rings. The predicted molar refractivity (Wildman–Crippen MR) is 148 cm³/mol. The van der Waals surface area contributed by atoms with Crippen LogP contribution >= 0.6 is 0 Å². The third-order valence-electron chi connectivity index (χ3n) is 8.89. The van der Waals surface area contributed by atoms with Gasteiger partial charge in [-0.25, -0.2) is 13.9 Å². The number of carbonyl (C=O) groups excluding carboxylic acids is 1. The summed E-state index contributed by atoms with van der Waals surface area (Å²) in [5.41, 5.74) is 7.61. The second kappa shape index (κ2) is 10.4. The van der Waals surface area contributed by atoms with E-state index >= 15 is 0 Å². The van der Waals surface area contributed by atoms with Crippen LogP contribution in [-0.4, -0.2) is 33.8 Å². The van der Waals surface area contributed by atoms with E-state index in [-0.39, 0.29) is 23.8 Å². The first-order chi connectivity index (χ1) is 18.5. The number of fused-ring (bicyclic) bond motifs is 1. The van der Waals surface area contributed by atoms with Gasteiger partial charge in [-0.2, -0.15) is 5.10 Å². The van der Waals surface area contributed by atoms with Crippen molar-refractivity contribution >= 4 is 6.03 Å². The third-order valence-corrected chi connectivity index (χ3v) is 8.89. The number of carbonyl (C=O) groups is 1. The normalized spacial score (nSPS) is 23.7. The number of likely N-dealkylation sites (tertiary alicyclic amines) is 1. The van der Waals surface area contributed by atoms with E-state index in [1.807, 2.05) is 21.8 Å². The molecule has 5 nitrogen and oxygen atoms in total. The number of urea groups is 1. The summed E-state index contributed by atoms with van der Waals surface area (Å²) in [5.74, 6) is 1.03. The van der Waals surface area contributed by atoms with Crippen LogP contribution in [0.3, 0.4) is 0 Å². The molecule has 2 amide bonds. The highest BCUT2D eigenvalue weighted by Crippen LogP contribution is 2.49. The highest BCUT2D eigenvalue weighted by Gasteiger charge is 2.37. The first-order valence-corrected chi connectivity index (χ1v) is 14.1. The molecular formula is C32H37FN4O. The van der Waals surface area contributed by atoms with Gasteiger partial charge in [0.2, 0.25) is 0 Å². The minimum absolute atomic E-state index is 0.0201. The summed E-state index contributed by atoms with van der Waals surface area (Å²) in [4.78, 5) is 15.3. The number of hydrogen-bond acceptors (Lipinski definition) is 2. The number of nitrogens with zero attached hydrogens (tertiary/aromatic N) is 3. The summed E-state index contributed by atoms with van der Waals surface area (Å²) in [7, 11) is 0. The summed E-state index contributed by atoms with van der Waals surface area (Å²) in [6.07, 6.45) is 8.26. The number of amides is 2. The molecule has 38 heavy (non-hydrogen) atoms. The van der Waals surface area contributed by atoms with E-state index in [4.69, 9.17) is 5.10 Å². The van der Waals surface area contributed by atoms with Crippen molar-refractivity contribution < 1.29 is 9.18 Å². The maximum Gasteiger partial charge on any atom is 0.317 e. The van der Waals surface area contributed by atoms with Gasteiger partial charge in [0.1, 0.15) is 5.82 Å². The Kier molecular flexibility index (Phi) is 6.81. The average molecular weight is 513 g/mol. The molecule has 198 valence electrons. The van der Waals surface area contributed by atoms with Gasteiger partial charge in [-0.3, -0.25) is 0 Å². The van der Waals surface area contributed by atoms with Gasteiger partial charge >= 0.3 is 6.03 Å². The Bertz CT molecular complexity index is 1330. The second-order valence-electron chi connectivity index (χ2n) is 11.5. The van der Waals surface area contributed by atoms with Crippen LogP contribution in [0.2, 0.25) is 0 Å². The molecule has 1 aromatic heterocycles. The number of rotatable bonds is 5. The quantitative estimate of drug-likeness (QED) is 0.376. The fraction of sp³-hybridized carbons (Fsp3) is 0.438. The molecule has 0 spiro atoms. The van der Waals surface area contributed by atoms with Crippen molar-refractivity contribution in [1.82, 2.24) is 20.0 Å². The predicted octanol–water partition coefficient (Wildman–Crippen LogP) is 6.95. The lowest BCUT2D eigenvalue weighted by Gasteiger charge is -2.34. The van der Waals surface area contributed by atoms with Gasteiger partial charge in [0.15, 0.2) is 0 Å². The SMILES string of the molecule is CC1CCCN(C(=O)NC(C[C@H]2CCC3=C2[C@@H](C)c2cnn(-c4ccc(F)cc4)c2C3)c2ccccc2)C1. The number of allylic oxidation sites excluding steroid dienone is 2. The van der Waals surface area contributed by atoms with Crippen LogP contribution in [0.1, 0.15) is 74.7 Å². The zero-order chi connectivity index (χ0) is 26.2. The summed E-state index contributed by atoms with van der Waals surface area (Å²) in [6, 6.07) is 17.1. The molecule has 1 N–H and O–H groups in total. The Morgan fingerprint density at radius 1 is 1.11 bits per heavy atom. The fourth-order valence-electron chi connectivity index (χ4n) is 6.99. The Labute approximate surface area is 224 Å². The number of piperidine rings is 1. The lowest BCUT2D eigenvalue weighted by Crippen LogP contribution is -2.46. The van der Waals surface area contributed by atoms with Crippen LogP contribution < -0.4 is 5.32 Å². The monoisotopic (exact) mass is 512 g/mol. The molecule has 0 bridgehead atoms. The van der Waals surface area contributed by atoms with Gasteiger partial charge in [-0.1, -0.05) is 55.3 Å². The summed E-state index contributed by atoms with van der Waals surface area (Å²) < 4.78 is 15.5. The van der Waals surface area contributed by atoms with E-state index in [2.05, 4.69) is 43.4 Å². The van der Waals surface area contributed by atoms with Crippen LogP contribution in [-0.2, 0) is 6.42 Å². The molecule has 0 radical (unpaired) electrons. The number of benzene rings is 2. The number of nitrogens with one attached hydrogen (secondary N) is 1. The van der Waals surface area contributed by atoms with Crippen molar-refractivity contribution in [3.05, 3.63) is 94.6 Å². The van der Waals surface area contributed by atoms with Crippen molar-refractivity contribution in [2.24, 2.45) is 11.8 Å². The van der Waals surface area contributed by atoms with Gasteiger partial charge in [0.25, 0.3) is 0 Å². The number of aromatic nitrogens is 2. The largest absolute Gasteiger partial charge is 0.331 e. The summed E-state index contributed by atoms with van der Waals surface area (Å²) >= 11 is 0. The molecule has 6 heteroatoms. The average Bonchev–Trinajstić information content (AvgIpc) is 3.54. The topological polar surface area (TPSA) is 50.2 Å². The molecule has 0 saturated carbocycles. The van der Waals surface area contributed by atoms with Crippen LogP contribution in [0.15, 0.2) is 71.9 Å². The first kappa shape index (κ1) is 24.9. The molecule has 6 rings (SSSR count). The molecule has 1 fully saturated rings. The maximum atomic E-state index is 13.5. The van der Waals surface area contributed by atoms with Gasteiger partial charge in [0.05, 0.1) is 23.6 Å². The molecule has 3 aromatic rings. The van der Waals surface area contributed by atoms with Gasteiger partial charge in [-0.05, 0) is 73.8 Å². The molecular weight excluding hydrogens is 475 g/mol. The molecule has 2 unspecified atom stereocenters. The maximum absolute atomic E-state index is 13.5. The molecule has 2 heterocycles. The number of hydrogen-bond donors (Lipinski definition) is 1. The van der Waals surface area contributed by atoms with Crippen molar-refractivity contribution in [2.75, 3.05) is 13.1 Å². The Hall–Kier alpha value is -3.41. The van der Waals surface area contributed by atoms with Gasteiger partial charge in [0, 0.05) is 31.0 Å². The second-order valence-corrected chi connectivity index (χ2v) is 11.5. The smallest absolute Gasteiger partial charge is 0.317 e. The van der Waals surface area contributed by atoms with Gasteiger partial charge < -0.3 is 10.2 Å². The van der Waals surface area contributed by atoms with Crippen LogP contribution in [0.5, 0.6) is 0 Å². The lowest BCUT2D eigenvalue weighted by atomic mass is 9.78. The summed E-state index contributed by atoms with van der Waals surface area (Å²) in [5, 5.41) is 8.14. The first-order valence-electron chi connectivity index (χ1n) is 14.1.